The van der Waals surface area contributed by atoms with Gasteiger partial charge in [0, 0.05) is 36.2 Å². The molecule has 1 aromatic rings. The maximum atomic E-state index is 13.9. The number of piperazine rings is 1. The number of hydrogen-bond donors (Lipinski definition) is 2. The van der Waals surface area contributed by atoms with E-state index in [0.717, 1.165) is 30.7 Å². The van der Waals surface area contributed by atoms with E-state index in [2.05, 4.69) is 26.1 Å². The normalized spacial score (nSPS) is 19.2. The lowest BCUT2D eigenvalue weighted by Gasteiger charge is -2.34. The summed E-state index contributed by atoms with van der Waals surface area (Å²) in [6, 6.07) is 4.64. The topological polar surface area (TPSA) is 35.5 Å². The van der Waals surface area contributed by atoms with Crippen LogP contribution in [0.2, 0.25) is 0 Å². The van der Waals surface area contributed by atoms with Gasteiger partial charge in [-0.25, -0.2) is 4.39 Å². The molecule has 1 saturated heterocycles. The molecule has 1 atom stereocenters. The zero-order chi connectivity index (χ0) is 12.3. The van der Waals surface area contributed by atoms with Crippen LogP contribution in [-0.2, 0) is 0 Å². The largest absolute Gasteiger partial charge is 0.394 e. The Hall–Kier alpha value is -0.490. The number of nitrogens with one attached hydrogen (secondary N) is 1. The summed E-state index contributed by atoms with van der Waals surface area (Å²) < 4.78 is 14.6. The highest BCUT2D eigenvalue weighted by molar-refractivity contribution is 9.10. The molecule has 1 fully saturated rings. The van der Waals surface area contributed by atoms with Gasteiger partial charge in [0.1, 0.15) is 5.82 Å². The molecule has 1 aliphatic rings. The van der Waals surface area contributed by atoms with E-state index >= 15 is 0 Å². The molecule has 2 rings (SSSR count). The van der Waals surface area contributed by atoms with E-state index < -0.39 is 0 Å². The first kappa shape index (κ1) is 13.0. The molecule has 0 aliphatic carbocycles. The predicted molar refractivity (Wildman–Crippen MR) is 68.4 cm³/mol. The van der Waals surface area contributed by atoms with Gasteiger partial charge in [0.05, 0.1) is 12.6 Å². The molecule has 0 bridgehead atoms. The number of halogens is 2. The van der Waals surface area contributed by atoms with Crippen LogP contribution in [0.1, 0.15) is 11.6 Å². The summed E-state index contributed by atoms with van der Waals surface area (Å²) in [4.78, 5) is 2.11. The van der Waals surface area contributed by atoms with Gasteiger partial charge in [0.25, 0.3) is 0 Å². The van der Waals surface area contributed by atoms with Crippen molar-refractivity contribution in [2.45, 2.75) is 6.04 Å². The van der Waals surface area contributed by atoms with Gasteiger partial charge in [-0.05, 0) is 12.1 Å². The first-order chi connectivity index (χ1) is 8.24. The van der Waals surface area contributed by atoms with Crippen LogP contribution in [0.15, 0.2) is 22.7 Å². The molecule has 0 aromatic heterocycles. The molecule has 1 heterocycles. The second-order valence-corrected chi connectivity index (χ2v) is 4.97. The van der Waals surface area contributed by atoms with Crippen LogP contribution >= 0.6 is 15.9 Å². The van der Waals surface area contributed by atoms with E-state index in [4.69, 9.17) is 0 Å². The first-order valence-corrected chi connectivity index (χ1v) is 6.53. The van der Waals surface area contributed by atoms with Gasteiger partial charge in [0.2, 0.25) is 0 Å². The van der Waals surface area contributed by atoms with Gasteiger partial charge >= 0.3 is 0 Å². The molecule has 0 saturated carbocycles. The summed E-state index contributed by atoms with van der Waals surface area (Å²) >= 11 is 3.36. The average Bonchev–Trinajstić information content (AvgIpc) is 2.35. The van der Waals surface area contributed by atoms with Crippen LogP contribution in [0.25, 0.3) is 0 Å². The smallest absolute Gasteiger partial charge is 0.129 e. The first-order valence-electron chi connectivity index (χ1n) is 5.73. The molecular weight excluding hydrogens is 287 g/mol. The molecule has 3 nitrogen and oxygen atoms in total. The molecule has 0 spiro atoms. The van der Waals surface area contributed by atoms with Crippen molar-refractivity contribution in [2.75, 3.05) is 32.8 Å². The molecule has 94 valence electrons. The van der Waals surface area contributed by atoms with Crippen LogP contribution in [0.5, 0.6) is 0 Å². The zero-order valence-electron chi connectivity index (χ0n) is 9.50. The number of aliphatic hydroxyl groups excluding tert-OH is 1. The van der Waals surface area contributed by atoms with E-state index in [9.17, 15) is 9.50 Å². The van der Waals surface area contributed by atoms with Gasteiger partial charge < -0.3 is 10.4 Å². The predicted octanol–water partition coefficient (Wildman–Crippen LogP) is 1.53. The van der Waals surface area contributed by atoms with Gasteiger partial charge in [-0.1, -0.05) is 22.0 Å². The highest BCUT2D eigenvalue weighted by Crippen LogP contribution is 2.30. The van der Waals surface area contributed by atoms with E-state index in [0.29, 0.717) is 5.56 Å². The quantitative estimate of drug-likeness (QED) is 0.889. The Bertz CT molecular complexity index is 363. The monoisotopic (exact) mass is 302 g/mol. The third-order valence-electron chi connectivity index (χ3n) is 3.10. The highest BCUT2D eigenvalue weighted by Gasteiger charge is 2.25. The van der Waals surface area contributed by atoms with Crippen molar-refractivity contribution < 1.29 is 9.50 Å². The number of benzene rings is 1. The lowest BCUT2D eigenvalue weighted by atomic mass is 10.0. The fraction of sp³-hybridized carbons (Fsp3) is 0.500. The summed E-state index contributed by atoms with van der Waals surface area (Å²) in [5.41, 5.74) is 0.553. The molecule has 0 unspecified atom stereocenters. The third-order valence-corrected chi connectivity index (χ3v) is 3.79. The van der Waals surface area contributed by atoms with Crippen LogP contribution in [0, 0.1) is 5.82 Å². The second-order valence-electron chi connectivity index (χ2n) is 4.12. The van der Waals surface area contributed by atoms with Crippen molar-refractivity contribution in [3.8, 4) is 0 Å². The van der Waals surface area contributed by atoms with Gasteiger partial charge in [-0.2, -0.15) is 0 Å². The Kier molecular flexibility index (Phi) is 4.50. The Morgan fingerprint density at radius 1 is 1.41 bits per heavy atom. The van der Waals surface area contributed by atoms with Crippen molar-refractivity contribution in [2.24, 2.45) is 0 Å². The number of nitrogens with zero attached hydrogens (tertiary/aromatic N) is 1. The minimum Gasteiger partial charge on any atom is -0.394 e. The van der Waals surface area contributed by atoms with E-state index in [1.165, 1.54) is 6.07 Å². The molecule has 1 aliphatic heterocycles. The van der Waals surface area contributed by atoms with Crippen LogP contribution in [-0.4, -0.2) is 42.8 Å². The van der Waals surface area contributed by atoms with E-state index in [1.54, 1.807) is 6.07 Å². The Balaban J connectivity index is 2.27. The maximum Gasteiger partial charge on any atom is 0.129 e. The summed E-state index contributed by atoms with van der Waals surface area (Å²) in [7, 11) is 0. The maximum absolute atomic E-state index is 13.9. The fourth-order valence-corrected chi connectivity index (χ4v) is 2.82. The SMILES string of the molecule is OC[C@H](c1c(F)cccc1Br)N1CCNCC1. The summed E-state index contributed by atoms with van der Waals surface area (Å²) in [6.45, 7) is 3.34. The Labute approximate surface area is 109 Å². The molecule has 17 heavy (non-hydrogen) atoms. The number of rotatable bonds is 3. The molecule has 0 radical (unpaired) electrons. The Morgan fingerprint density at radius 2 is 2.12 bits per heavy atom. The summed E-state index contributed by atoms with van der Waals surface area (Å²) in [5.74, 6) is -0.267. The van der Waals surface area contributed by atoms with Gasteiger partial charge in [0.15, 0.2) is 0 Å². The minimum atomic E-state index is -0.271. The van der Waals surface area contributed by atoms with Crippen molar-refractivity contribution in [3.63, 3.8) is 0 Å². The average molecular weight is 303 g/mol. The van der Waals surface area contributed by atoms with Gasteiger partial charge in [-0.15, -0.1) is 0 Å². The van der Waals surface area contributed by atoms with Crippen LogP contribution in [0.3, 0.4) is 0 Å². The lowest BCUT2D eigenvalue weighted by molar-refractivity contribution is 0.108. The third kappa shape index (κ3) is 2.85. The lowest BCUT2D eigenvalue weighted by Crippen LogP contribution is -2.46. The number of hydrogen-bond acceptors (Lipinski definition) is 3. The van der Waals surface area contributed by atoms with Crippen molar-refractivity contribution in [1.29, 1.82) is 0 Å². The molecular formula is C12H16BrFN2O. The molecule has 5 heteroatoms. The molecule has 1 aromatic carbocycles. The highest BCUT2D eigenvalue weighted by atomic mass is 79.9. The minimum absolute atomic E-state index is 0.0699. The standard InChI is InChI=1S/C12H16BrFN2O/c13-9-2-1-3-10(14)12(9)11(8-17)16-6-4-15-5-7-16/h1-3,11,15,17H,4-8H2/t11-/m1/s1. The van der Waals surface area contributed by atoms with E-state index in [-0.39, 0.29) is 18.5 Å². The molecule has 2 N–H and O–H groups in total. The Morgan fingerprint density at radius 3 is 2.71 bits per heavy atom. The fourth-order valence-electron chi connectivity index (χ4n) is 2.21. The zero-order valence-corrected chi connectivity index (χ0v) is 11.1. The summed E-state index contributed by atoms with van der Waals surface area (Å²) in [5, 5.41) is 12.8. The van der Waals surface area contributed by atoms with Crippen LogP contribution in [0.4, 0.5) is 4.39 Å². The van der Waals surface area contributed by atoms with Crippen molar-refractivity contribution in [1.82, 2.24) is 10.2 Å². The van der Waals surface area contributed by atoms with Crippen molar-refractivity contribution >= 4 is 15.9 Å². The van der Waals surface area contributed by atoms with E-state index in [1.807, 2.05) is 6.07 Å². The van der Waals surface area contributed by atoms with Gasteiger partial charge in [-0.3, -0.25) is 4.90 Å². The summed E-state index contributed by atoms with van der Waals surface area (Å²) in [6.07, 6.45) is 0. The van der Waals surface area contributed by atoms with Crippen molar-refractivity contribution in [3.05, 3.63) is 34.1 Å². The van der Waals surface area contributed by atoms with Crippen LogP contribution < -0.4 is 5.32 Å². The molecule has 0 amide bonds. The second kappa shape index (κ2) is 5.91. The number of aliphatic hydroxyl groups is 1.